The SMILES string of the molecule is C[C@]12CC[C@H]3[C@]4(C=C[C@@]5(C=C4C(=O)c4ccc(F)c(F)c4)CC(O)CC[C@]35C)[C@@H]1CC[C@@]2(O)CN1CCCCC1. The Labute approximate surface area is 236 Å². The van der Waals surface area contributed by atoms with E-state index in [9.17, 15) is 23.8 Å². The quantitative estimate of drug-likeness (QED) is 0.344. The van der Waals surface area contributed by atoms with E-state index in [0.717, 1.165) is 57.3 Å². The number of hydrogen-bond acceptors (Lipinski definition) is 4. The number of carbonyl (C=O) groups is 1. The maximum Gasteiger partial charge on any atom is 0.189 e. The van der Waals surface area contributed by atoms with E-state index >= 15 is 0 Å². The molecule has 2 spiro atoms. The maximum atomic E-state index is 14.4. The standard InChI is InChI=1S/C34H43F2NO3/c1-30-11-8-23(38)19-32(30)14-15-34(24(20-32)29(39)22-6-7-25(35)26(36)18-22)27(30)9-12-31(2)28(34)10-13-33(31,40)21-37-16-4-3-5-17-37/h6-7,14-15,18,20,23,27-28,38,40H,3-5,8-13,16-17,19,21H2,1-2H3/t23?,27-,28-,30-,31+,32+,33-,34-/m1/s1. The minimum atomic E-state index is -1.02. The molecule has 1 aromatic carbocycles. The van der Waals surface area contributed by atoms with Gasteiger partial charge in [0.2, 0.25) is 0 Å². The zero-order valence-electron chi connectivity index (χ0n) is 23.9. The largest absolute Gasteiger partial charge is 0.393 e. The third-order valence-electron chi connectivity index (χ3n) is 13.1. The molecular formula is C34H43F2NO3. The molecule has 1 aliphatic heterocycles. The van der Waals surface area contributed by atoms with E-state index < -0.39 is 34.2 Å². The van der Waals surface area contributed by atoms with Crippen LogP contribution in [0.2, 0.25) is 0 Å². The number of halogens is 2. The summed E-state index contributed by atoms with van der Waals surface area (Å²) in [5, 5.41) is 23.3. The van der Waals surface area contributed by atoms with Crippen LogP contribution in [0.5, 0.6) is 0 Å². The van der Waals surface area contributed by atoms with Gasteiger partial charge in [-0.2, -0.15) is 0 Å². The van der Waals surface area contributed by atoms with E-state index in [0.29, 0.717) is 25.0 Å². The number of fused-ring (bicyclic) bond motifs is 1. The predicted molar refractivity (Wildman–Crippen MR) is 150 cm³/mol. The van der Waals surface area contributed by atoms with Crippen LogP contribution < -0.4 is 0 Å². The van der Waals surface area contributed by atoms with Gasteiger partial charge >= 0.3 is 0 Å². The topological polar surface area (TPSA) is 60.8 Å². The van der Waals surface area contributed by atoms with Crippen molar-refractivity contribution in [2.24, 2.45) is 33.5 Å². The third kappa shape index (κ3) is 3.36. The minimum absolute atomic E-state index is 0.0623. The van der Waals surface area contributed by atoms with Crippen LogP contribution in [0, 0.1) is 45.1 Å². The van der Waals surface area contributed by atoms with Crippen molar-refractivity contribution in [1.29, 1.82) is 0 Å². The van der Waals surface area contributed by atoms with Gasteiger partial charge in [-0.15, -0.1) is 0 Å². The molecule has 1 aromatic rings. The molecule has 4 fully saturated rings. The van der Waals surface area contributed by atoms with Crippen molar-refractivity contribution in [2.75, 3.05) is 19.6 Å². The molecule has 1 saturated heterocycles. The molecule has 6 aliphatic carbocycles. The van der Waals surface area contributed by atoms with Gasteiger partial charge in [0.15, 0.2) is 17.4 Å². The maximum absolute atomic E-state index is 14.4. The first-order chi connectivity index (χ1) is 19.0. The fourth-order valence-corrected chi connectivity index (χ4v) is 10.9. The average Bonchev–Trinajstić information content (AvgIpc) is 3.20. The Bertz CT molecular complexity index is 1300. The monoisotopic (exact) mass is 551 g/mol. The van der Waals surface area contributed by atoms with E-state index in [4.69, 9.17) is 0 Å². The molecule has 40 heavy (non-hydrogen) atoms. The number of likely N-dealkylation sites (tertiary alicyclic amines) is 1. The summed E-state index contributed by atoms with van der Waals surface area (Å²) in [5.41, 5.74) is -1.52. The molecule has 2 bridgehead atoms. The molecule has 7 aliphatic rings. The predicted octanol–water partition coefficient (Wildman–Crippen LogP) is 6.22. The number of ketones is 1. The number of piperidine rings is 1. The first-order valence-corrected chi connectivity index (χ1v) is 15.5. The van der Waals surface area contributed by atoms with Crippen LogP contribution in [0.4, 0.5) is 8.78 Å². The molecule has 1 unspecified atom stereocenters. The Morgan fingerprint density at radius 3 is 2.40 bits per heavy atom. The van der Waals surface area contributed by atoms with Crippen molar-refractivity contribution in [3.05, 3.63) is 59.2 Å². The van der Waals surface area contributed by atoms with E-state index in [1.54, 1.807) is 0 Å². The van der Waals surface area contributed by atoms with Crippen LogP contribution in [-0.2, 0) is 0 Å². The van der Waals surface area contributed by atoms with Gasteiger partial charge in [-0.25, -0.2) is 8.78 Å². The molecule has 1 heterocycles. The molecule has 0 aromatic heterocycles. The van der Waals surface area contributed by atoms with E-state index in [-0.39, 0.29) is 34.0 Å². The number of Topliss-reactive ketones (excluding diaryl/α,β-unsaturated/α-hetero) is 1. The average molecular weight is 552 g/mol. The van der Waals surface area contributed by atoms with Crippen LogP contribution in [0.25, 0.3) is 0 Å². The van der Waals surface area contributed by atoms with Gasteiger partial charge in [0.25, 0.3) is 0 Å². The van der Waals surface area contributed by atoms with Crippen LogP contribution in [0.3, 0.4) is 0 Å². The summed E-state index contributed by atoms with van der Waals surface area (Å²) in [5.74, 6) is -1.98. The lowest BCUT2D eigenvalue weighted by Gasteiger charge is -2.71. The van der Waals surface area contributed by atoms with Gasteiger partial charge in [0.05, 0.1) is 11.7 Å². The number of rotatable bonds is 4. The smallest absolute Gasteiger partial charge is 0.189 e. The fraction of sp³-hybridized carbons (Fsp3) is 0.676. The second kappa shape index (κ2) is 8.81. The summed E-state index contributed by atoms with van der Waals surface area (Å²) in [6, 6.07) is 3.47. The van der Waals surface area contributed by atoms with Crippen LogP contribution in [0.15, 0.2) is 42.0 Å². The van der Waals surface area contributed by atoms with Gasteiger partial charge in [-0.3, -0.25) is 4.79 Å². The van der Waals surface area contributed by atoms with Gasteiger partial charge in [0, 0.05) is 33.9 Å². The normalized spacial score (nSPS) is 46.0. The van der Waals surface area contributed by atoms with Crippen molar-refractivity contribution in [2.45, 2.75) is 89.8 Å². The lowest BCUT2D eigenvalue weighted by atomic mass is 9.32. The van der Waals surface area contributed by atoms with Gasteiger partial charge in [-0.1, -0.05) is 38.5 Å². The van der Waals surface area contributed by atoms with Gasteiger partial charge < -0.3 is 15.1 Å². The summed E-state index contributed by atoms with van der Waals surface area (Å²) in [6.45, 7) is 7.35. The molecule has 0 radical (unpaired) electrons. The molecule has 4 nitrogen and oxygen atoms in total. The first kappa shape index (κ1) is 27.0. The second-order valence-corrected chi connectivity index (χ2v) is 14.6. The van der Waals surface area contributed by atoms with Crippen molar-refractivity contribution in [1.82, 2.24) is 4.90 Å². The van der Waals surface area contributed by atoms with Crippen LogP contribution in [-0.4, -0.2) is 52.2 Å². The minimum Gasteiger partial charge on any atom is -0.393 e. The number of aliphatic hydroxyl groups excluding tert-OH is 1. The Balaban J connectivity index is 1.36. The van der Waals surface area contributed by atoms with Crippen molar-refractivity contribution >= 4 is 5.78 Å². The molecule has 3 saturated carbocycles. The lowest BCUT2D eigenvalue weighted by Crippen LogP contribution is -2.67. The molecule has 8 rings (SSSR count). The molecule has 216 valence electrons. The zero-order valence-corrected chi connectivity index (χ0v) is 23.9. The number of benzene rings is 1. The highest BCUT2D eigenvalue weighted by Gasteiger charge is 2.74. The van der Waals surface area contributed by atoms with Gasteiger partial charge in [0.1, 0.15) is 0 Å². The summed E-state index contributed by atoms with van der Waals surface area (Å²) in [4.78, 5) is 16.8. The Kier molecular flexibility index (Phi) is 5.94. The molecule has 8 atom stereocenters. The third-order valence-corrected chi connectivity index (χ3v) is 13.1. The van der Waals surface area contributed by atoms with Gasteiger partial charge in [-0.05, 0) is 106 Å². The molecule has 6 heteroatoms. The Morgan fingerprint density at radius 1 is 0.950 bits per heavy atom. The second-order valence-electron chi connectivity index (χ2n) is 14.6. The lowest BCUT2D eigenvalue weighted by molar-refractivity contribution is -0.176. The number of nitrogens with zero attached hydrogens (tertiary/aromatic N) is 1. The van der Waals surface area contributed by atoms with Crippen molar-refractivity contribution in [3.63, 3.8) is 0 Å². The number of carbonyl (C=O) groups excluding carboxylic acids is 1. The summed E-state index contributed by atoms with van der Waals surface area (Å²) in [7, 11) is 0. The number of hydrogen-bond donors (Lipinski definition) is 2. The van der Waals surface area contributed by atoms with E-state index in [1.807, 2.05) is 0 Å². The van der Waals surface area contributed by atoms with Crippen molar-refractivity contribution < 1.29 is 23.8 Å². The summed E-state index contributed by atoms with van der Waals surface area (Å²) in [6.07, 6.45) is 15.4. The van der Waals surface area contributed by atoms with Crippen LogP contribution in [0.1, 0.15) is 88.4 Å². The van der Waals surface area contributed by atoms with E-state index in [2.05, 4.69) is 37.0 Å². The number of aliphatic hydroxyl groups is 2. The Hall–Kier alpha value is -1.89. The molecule has 2 N–H and O–H groups in total. The number of β-amino-alcohol motifs (C(OH)–C–C–N with tert-alkyl or cyclic N) is 1. The van der Waals surface area contributed by atoms with Crippen LogP contribution >= 0.6 is 0 Å². The molecular weight excluding hydrogens is 508 g/mol. The highest BCUT2D eigenvalue weighted by atomic mass is 19.2. The fourth-order valence-electron chi connectivity index (χ4n) is 10.9. The summed E-state index contributed by atoms with van der Waals surface area (Å²) >= 11 is 0. The highest BCUT2D eigenvalue weighted by Crippen LogP contribution is 2.78. The van der Waals surface area contributed by atoms with Crippen molar-refractivity contribution in [3.8, 4) is 0 Å². The first-order valence-electron chi connectivity index (χ1n) is 15.5. The van der Waals surface area contributed by atoms with E-state index in [1.165, 1.54) is 25.3 Å². The summed E-state index contributed by atoms with van der Waals surface area (Å²) < 4.78 is 28.2. The zero-order chi connectivity index (χ0) is 28.1. The number of allylic oxidation sites excluding steroid dienone is 4. The Morgan fingerprint density at radius 2 is 1.65 bits per heavy atom. The molecule has 0 amide bonds. The highest BCUT2D eigenvalue weighted by molar-refractivity contribution is 6.10.